The number of nitrogens with zero attached hydrogens (tertiary/aromatic N) is 2. The minimum atomic E-state index is -0.962. The highest BCUT2D eigenvalue weighted by molar-refractivity contribution is 5.93. The number of benzene rings is 1. The van der Waals surface area contributed by atoms with Crippen molar-refractivity contribution < 1.29 is 19.1 Å². The van der Waals surface area contributed by atoms with E-state index in [0.29, 0.717) is 18.5 Å². The molecule has 1 amide bonds. The predicted molar refractivity (Wildman–Crippen MR) is 80.2 cm³/mol. The van der Waals surface area contributed by atoms with E-state index < -0.39 is 23.7 Å². The standard InChI is InChI=1S/C17H15FN2O3/c18-12-6-4-11(5-7-12)15-13(17(22)23)8-10-20(15)16(21)14-3-1-2-9-19-14/h1-7,9,13,15H,8,10H2,(H,22,23)/t13-,15-/m1/s1. The van der Waals surface area contributed by atoms with Crippen molar-refractivity contribution >= 4 is 11.9 Å². The Bertz CT molecular complexity index is 718. The van der Waals surface area contributed by atoms with Crippen LogP contribution in [0.25, 0.3) is 0 Å². The summed E-state index contributed by atoms with van der Waals surface area (Å²) in [5, 5.41) is 9.44. The van der Waals surface area contributed by atoms with Gasteiger partial charge >= 0.3 is 5.97 Å². The number of carbonyl (C=O) groups excluding carboxylic acids is 1. The second-order valence-corrected chi connectivity index (χ2v) is 5.44. The van der Waals surface area contributed by atoms with Crippen LogP contribution in [0.3, 0.4) is 0 Å². The van der Waals surface area contributed by atoms with Gasteiger partial charge in [0, 0.05) is 12.7 Å². The number of carboxylic acids is 1. The third kappa shape index (κ3) is 2.92. The fourth-order valence-corrected chi connectivity index (χ4v) is 2.99. The smallest absolute Gasteiger partial charge is 0.309 e. The first-order valence-corrected chi connectivity index (χ1v) is 7.28. The zero-order chi connectivity index (χ0) is 16.4. The molecule has 0 spiro atoms. The van der Waals surface area contributed by atoms with Crippen molar-refractivity contribution in [2.24, 2.45) is 5.92 Å². The van der Waals surface area contributed by atoms with Crippen LogP contribution in [0.2, 0.25) is 0 Å². The molecule has 0 saturated carbocycles. The number of amides is 1. The monoisotopic (exact) mass is 314 g/mol. The van der Waals surface area contributed by atoms with Gasteiger partial charge in [0.05, 0.1) is 12.0 Å². The van der Waals surface area contributed by atoms with Crippen molar-refractivity contribution in [3.05, 3.63) is 65.7 Å². The van der Waals surface area contributed by atoms with Crippen LogP contribution in [0.4, 0.5) is 4.39 Å². The lowest BCUT2D eigenvalue weighted by atomic mass is 9.93. The normalized spacial score (nSPS) is 20.5. The molecule has 1 saturated heterocycles. The van der Waals surface area contributed by atoms with Gasteiger partial charge in [-0.3, -0.25) is 14.6 Å². The summed E-state index contributed by atoms with van der Waals surface area (Å²) < 4.78 is 13.1. The van der Waals surface area contributed by atoms with Gasteiger partial charge in [0.1, 0.15) is 11.5 Å². The molecule has 0 unspecified atom stereocenters. The summed E-state index contributed by atoms with van der Waals surface area (Å²) in [4.78, 5) is 29.7. The summed E-state index contributed by atoms with van der Waals surface area (Å²) in [7, 11) is 0. The molecule has 2 atom stereocenters. The van der Waals surface area contributed by atoms with Crippen LogP contribution in [-0.4, -0.2) is 33.4 Å². The number of hydrogen-bond acceptors (Lipinski definition) is 3. The predicted octanol–water partition coefficient (Wildman–Crippen LogP) is 2.51. The Morgan fingerprint density at radius 2 is 1.91 bits per heavy atom. The van der Waals surface area contributed by atoms with Crippen LogP contribution in [0.15, 0.2) is 48.7 Å². The molecule has 2 heterocycles. The summed E-state index contributed by atoms with van der Waals surface area (Å²) in [5.74, 6) is -2.39. The highest BCUT2D eigenvalue weighted by Crippen LogP contribution is 2.38. The van der Waals surface area contributed by atoms with Crippen molar-refractivity contribution in [2.75, 3.05) is 6.54 Å². The molecule has 3 rings (SSSR count). The molecule has 118 valence electrons. The van der Waals surface area contributed by atoms with Crippen molar-refractivity contribution in [1.82, 2.24) is 9.88 Å². The first-order valence-electron chi connectivity index (χ1n) is 7.28. The molecule has 1 aromatic carbocycles. The molecular formula is C17H15FN2O3. The third-order valence-corrected chi connectivity index (χ3v) is 4.07. The van der Waals surface area contributed by atoms with Gasteiger partial charge in [0.25, 0.3) is 5.91 Å². The Balaban J connectivity index is 1.97. The van der Waals surface area contributed by atoms with E-state index in [1.807, 2.05) is 0 Å². The lowest BCUT2D eigenvalue weighted by molar-refractivity contribution is -0.142. The molecule has 2 aromatic rings. The van der Waals surface area contributed by atoms with E-state index in [-0.39, 0.29) is 11.6 Å². The number of aromatic nitrogens is 1. The molecule has 1 fully saturated rings. The van der Waals surface area contributed by atoms with Gasteiger partial charge in [-0.2, -0.15) is 0 Å². The molecule has 0 aliphatic carbocycles. The number of hydrogen-bond donors (Lipinski definition) is 1. The number of pyridine rings is 1. The van der Waals surface area contributed by atoms with Gasteiger partial charge in [-0.25, -0.2) is 4.39 Å². The van der Waals surface area contributed by atoms with Crippen molar-refractivity contribution in [2.45, 2.75) is 12.5 Å². The van der Waals surface area contributed by atoms with Crippen molar-refractivity contribution in [3.63, 3.8) is 0 Å². The highest BCUT2D eigenvalue weighted by atomic mass is 19.1. The molecular weight excluding hydrogens is 299 g/mol. The van der Waals surface area contributed by atoms with Gasteiger partial charge < -0.3 is 10.0 Å². The van der Waals surface area contributed by atoms with Crippen LogP contribution in [0.1, 0.15) is 28.5 Å². The summed E-state index contributed by atoms with van der Waals surface area (Å²) in [6.07, 6.45) is 1.88. The van der Waals surface area contributed by atoms with Crippen LogP contribution in [-0.2, 0) is 4.79 Å². The van der Waals surface area contributed by atoms with Gasteiger partial charge in [-0.1, -0.05) is 18.2 Å². The quantitative estimate of drug-likeness (QED) is 0.945. The van der Waals surface area contributed by atoms with Crippen LogP contribution < -0.4 is 0 Å². The Hall–Kier alpha value is -2.76. The van der Waals surface area contributed by atoms with Crippen LogP contribution in [0.5, 0.6) is 0 Å². The molecule has 0 bridgehead atoms. The maximum absolute atomic E-state index is 13.1. The Morgan fingerprint density at radius 1 is 1.17 bits per heavy atom. The topological polar surface area (TPSA) is 70.5 Å². The first-order chi connectivity index (χ1) is 11.1. The molecule has 1 N–H and O–H groups in total. The van der Waals surface area contributed by atoms with Crippen molar-refractivity contribution in [3.8, 4) is 0 Å². The molecule has 5 nitrogen and oxygen atoms in total. The average molecular weight is 314 g/mol. The van der Waals surface area contributed by atoms with Gasteiger partial charge in [-0.05, 0) is 36.2 Å². The molecule has 23 heavy (non-hydrogen) atoms. The number of rotatable bonds is 3. The molecule has 1 aliphatic heterocycles. The third-order valence-electron chi connectivity index (χ3n) is 4.07. The summed E-state index contributed by atoms with van der Waals surface area (Å²) in [6, 6.07) is 9.99. The minimum Gasteiger partial charge on any atom is -0.481 e. The Morgan fingerprint density at radius 3 is 2.52 bits per heavy atom. The van der Waals surface area contributed by atoms with Crippen LogP contribution in [0, 0.1) is 11.7 Å². The van der Waals surface area contributed by atoms with E-state index in [2.05, 4.69) is 4.98 Å². The lowest BCUT2D eigenvalue weighted by Gasteiger charge is -2.27. The fraction of sp³-hybridized carbons (Fsp3) is 0.235. The SMILES string of the molecule is O=C(O)[C@@H]1CCN(C(=O)c2ccccn2)[C@@H]1c1ccc(F)cc1. The highest BCUT2D eigenvalue weighted by Gasteiger charge is 2.42. The minimum absolute atomic E-state index is 0.269. The van der Waals surface area contributed by atoms with E-state index in [9.17, 15) is 19.1 Å². The van der Waals surface area contributed by atoms with E-state index in [0.717, 1.165) is 0 Å². The maximum Gasteiger partial charge on any atom is 0.309 e. The molecule has 6 heteroatoms. The van der Waals surface area contributed by atoms with E-state index in [4.69, 9.17) is 0 Å². The number of likely N-dealkylation sites (tertiary alicyclic amines) is 1. The molecule has 1 aliphatic rings. The lowest BCUT2D eigenvalue weighted by Crippen LogP contribution is -2.34. The summed E-state index contributed by atoms with van der Waals surface area (Å²) >= 11 is 0. The van der Waals surface area contributed by atoms with Crippen LogP contribution >= 0.6 is 0 Å². The fourth-order valence-electron chi connectivity index (χ4n) is 2.99. The summed E-state index contributed by atoms with van der Waals surface area (Å²) in [6.45, 7) is 0.328. The van der Waals surface area contributed by atoms with E-state index in [1.165, 1.54) is 35.4 Å². The molecule has 1 aromatic heterocycles. The van der Waals surface area contributed by atoms with Gasteiger partial charge in [0.2, 0.25) is 0 Å². The number of halogens is 1. The second kappa shape index (κ2) is 6.16. The average Bonchev–Trinajstić information content (AvgIpc) is 3.01. The first kappa shape index (κ1) is 15.1. The zero-order valence-corrected chi connectivity index (χ0v) is 12.2. The largest absolute Gasteiger partial charge is 0.481 e. The Labute approximate surface area is 132 Å². The summed E-state index contributed by atoms with van der Waals surface area (Å²) in [5.41, 5.74) is 0.881. The van der Waals surface area contributed by atoms with E-state index >= 15 is 0 Å². The molecule has 0 radical (unpaired) electrons. The number of aliphatic carboxylic acids is 1. The van der Waals surface area contributed by atoms with Crippen molar-refractivity contribution in [1.29, 1.82) is 0 Å². The van der Waals surface area contributed by atoms with E-state index in [1.54, 1.807) is 18.2 Å². The van der Waals surface area contributed by atoms with Gasteiger partial charge in [-0.15, -0.1) is 0 Å². The zero-order valence-electron chi connectivity index (χ0n) is 12.2. The Kier molecular flexibility index (Phi) is 4.06. The number of carbonyl (C=O) groups is 2. The number of carboxylic acid groups (broad SMARTS) is 1. The van der Waals surface area contributed by atoms with Gasteiger partial charge in [0.15, 0.2) is 0 Å². The maximum atomic E-state index is 13.1. The second-order valence-electron chi connectivity index (χ2n) is 5.44.